The molecule has 0 aliphatic carbocycles. The lowest BCUT2D eigenvalue weighted by atomic mass is 10.2. The fourth-order valence-electron chi connectivity index (χ4n) is 1.66. The molecule has 0 fully saturated rings. The molecule has 1 aromatic rings. The number of aryl methyl sites for hydroxylation is 1. The second-order valence-corrected chi connectivity index (χ2v) is 3.91. The van der Waals surface area contributed by atoms with Crippen molar-refractivity contribution in [2.45, 2.75) is 32.6 Å². The van der Waals surface area contributed by atoms with Crippen molar-refractivity contribution in [3.8, 4) is 0 Å². The Balaban J connectivity index is 2.77. The van der Waals surface area contributed by atoms with E-state index in [0.29, 0.717) is 19.6 Å². The number of rotatable bonds is 7. The Morgan fingerprint density at radius 1 is 1.44 bits per heavy atom. The van der Waals surface area contributed by atoms with Crippen LogP contribution in [0.15, 0.2) is 6.20 Å². The highest BCUT2D eigenvalue weighted by molar-refractivity contribution is 5.20. The van der Waals surface area contributed by atoms with E-state index in [4.69, 9.17) is 4.74 Å². The lowest BCUT2D eigenvalue weighted by Crippen LogP contribution is -2.22. The minimum absolute atomic E-state index is 0.141. The highest BCUT2D eigenvalue weighted by atomic mass is 19.4. The van der Waals surface area contributed by atoms with Crippen molar-refractivity contribution in [3.63, 3.8) is 0 Å². The maximum Gasteiger partial charge on any atom is 0.433 e. The summed E-state index contributed by atoms with van der Waals surface area (Å²) < 4.78 is 44.6. The van der Waals surface area contributed by atoms with E-state index in [1.54, 1.807) is 7.11 Å². The quantitative estimate of drug-likeness (QED) is 0.767. The van der Waals surface area contributed by atoms with Gasteiger partial charge in [-0.05, 0) is 6.42 Å². The molecule has 104 valence electrons. The van der Waals surface area contributed by atoms with E-state index in [1.165, 1.54) is 6.20 Å². The molecule has 0 atom stereocenters. The maximum atomic E-state index is 12.9. The van der Waals surface area contributed by atoms with Crippen molar-refractivity contribution in [3.05, 3.63) is 17.5 Å². The van der Waals surface area contributed by atoms with Gasteiger partial charge in [-0.15, -0.1) is 0 Å². The Bertz CT molecular complexity index is 363. The molecule has 1 heterocycles. The van der Waals surface area contributed by atoms with E-state index in [9.17, 15) is 13.2 Å². The first-order chi connectivity index (χ1) is 8.50. The van der Waals surface area contributed by atoms with Gasteiger partial charge in [-0.1, -0.05) is 6.92 Å². The first-order valence-electron chi connectivity index (χ1n) is 5.82. The molecule has 1 rings (SSSR count). The van der Waals surface area contributed by atoms with Gasteiger partial charge in [0.1, 0.15) is 5.69 Å². The zero-order chi connectivity index (χ0) is 13.6. The van der Waals surface area contributed by atoms with Gasteiger partial charge in [-0.3, -0.25) is 4.68 Å². The minimum atomic E-state index is -4.37. The summed E-state index contributed by atoms with van der Waals surface area (Å²) in [5, 5.41) is 6.69. The number of ether oxygens (including phenoxy) is 1. The molecule has 0 aliphatic heterocycles. The smallest absolute Gasteiger partial charge is 0.383 e. The third-order valence-electron chi connectivity index (χ3n) is 2.42. The van der Waals surface area contributed by atoms with E-state index in [0.717, 1.165) is 4.68 Å². The van der Waals surface area contributed by atoms with Gasteiger partial charge in [-0.2, -0.15) is 18.3 Å². The summed E-state index contributed by atoms with van der Waals surface area (Å²) in [6.07, 6.45) is -2.48. The summed E-state index contributed by atoms with van der Waals surface area (Å²) in [6.45, 7) is 3.20. The Kier molecular flexibility index (Phi) is 5.61. The number of hydrogen-bond donors (Lipinski definition) is 1. The first kappa shape index (κ1) is 15.0. The number of aromatic nitrogens is 2. The number of halogens is 3. The summed E-state index contributed by atoms with van der Waals surface area (Å²) in [4.78, 5) is 0. The van der Waals surface area contributed by atoms with Crippen molar-refractivity contribution in [2.75, 3.05) is 20.3 Å². The average molecular weight is 265 g/mol. The van der Waals surface area contributed by atoms with Crippen LogP contribution in [0.2, 0.25) is 0 Å². The van der Waals surface area contributed by atoms with Crippen LogP contribution in [0.5, 0.6) is 0 Å². The molecule has 0 aromatic carbocycles. The number of nitrogens with one attached hydrogen (secondary N) is 1. The Morgan fingerprint density at radius 2 is 2.17 bits per heavy atom. The Morgan fingerprint density at radius 3 is 2.72 bits per heavy atom. The molecule has 0 amide bonds. The Labute approximate surface area is 104 Å². The highest BCUT2D eigenvalue weighted by Gasteiger charge is 2.37. The normalized spacial score (nSPS) is 12.1. The highest BCUT2D eigenvalue weighted by Crippen LogP contribution is 2.32. The van der Waals surface area contributed by atoms with Crippen LogP contribution in [-0.2, 0) is 24.0 Å². The van der Waals surface area contributed by atoms with Crippen LogP contribution in [0, 0.1) is 0 Å². The molecule has 0 saturated carbocycles. The minimum Gasteiger partial charge on any atom is -0.383 e. The molecule has 0 unspecified atom stereocenters. The molecule has 1 N–H and O–H groups in total. The molecule has 7 heteroatoms. The summed E-state index contributed by atoms with van der Waals surface area (Å²) in [5.74, 6) is 0. The SMILES string of the molecule is CCCn1ncc(CNCCOC)c1C(F)(F)F. The second-order valence-electron chi connectivity index (χ2n) is 3.91. The van der Waals surface area contributed by atoms with Gasteiger partial charge >= 0.3 is 6.18 Å². The second kappa shape index (κ2) is 6.75. The summed E-state index contributed by atoms with van der Waals surface area (Å²) in [7, 11) is 1.54. The molecule has 0 aliphatic rings. The molecule has 0 radical (unpaired) electrons. The van der Waals surface area contributed by atoms with Gasteiger partial charge in [0.2, 0.25) is 0 Å². The third kappa shape index (κ3) is 3.99. The van der Waals surface area contributed by atoms with Gasteiger partial charge in [0.05, 0.1) is 12.8 Å². The van der Waals surface area contributed by atoms with Crippen LogP contribution < -0.4 is 5.32 Å². The van der Waals surface area contributed by atoms with E-state index in [-0.39, 0.29) is 18.7 Å². The zero-order valence-corrected chi connectivity index (χ0v) is 10.5. The monoisotopic (exact) mass is 265 g/mol. The number of alkyl halides is 3. The van der Waals surface area contributed by atoms with Gasteiger partial charge in [0.25, 0.3) is 0 Å². The molecule has 4 nitrogen and oxygen atoms in total. The zero-order valence-electron chi connectivity index (χ0n) is 10.5. The Hall–Kier alpha value is -1.08. The van der Waals surface area contributed by atoms with Crippen LogP contribution in [0.1, 0.15) is 24.6 Å². The number of nitrogens with zero attached hydrogens (tertiary/aromatic N) is 2. The fraction of sp³-hybridized carbons (Fsp3) is 0.727. The van der Waals surface area contributed by atoms with Crippen LogP contribution >= 0.6 is 0 Å². The molecule has 0 spiro atoms. The summed E-state index contributed by atoms with van der Waals surface area (Å²) in [5.41, 5.74) is -0.485. The predicted octanol–water partition coefficient (Wildman–Crippen LogP) is 2.05. The van der Waals surface area contributed by atoms with Gasteiger partial charge < -0.3 is 10.1 Å². The molecular weight excluding hydrogens is 247 g/mol. The van der Waals surface area contributed by atoms with Crippen molar-refractivity contribution in [1.82, 2.24) is 15.1 Å². The lowest BCUT2D eigenvalue weighted by molar-refractivity contribution is -0.144. The van der Waals surface area contributed by atoms with Crippen LogP contribution in [0.3, 0.4) is 0 Å². The van der Waals surface area contributed by atoms with E-state index >= 15 is 0 Å². The van der Waals surface area contributed by atoms with E-state index < -0.39 is 11.9 Å². The number of methoxy groups -OCH3 is 1. The van der Waals surface area contributed by atoms with Crippen molar-refractivity contribution in [2.24, 2.45) is 0 Å². The maximum absolute atomic E-state index is 12.9. The molecule has 1 aromatic heterocycles. The summed E-state index contributed by atoms with van der Waals surface area (Å²) >= 11 is 0. The molecular formula is C11H18F3N3O. The fourth-order valence-corrected chi connectivity index (χ4v) is 1.66. The van der Waals surface area contributed by atoms with Crippen LogP contribution in [-0.4, -0.2) is 30.0 Å². The molecule has 18 heavy (non-hydrogen) atoms. The standard InChI is InChI=1S/C11H18F3N3O/c1-3-5-17-10(11(12,13)14)9(8-16-17)7-15-4-6-18-2/h8,15H,3-7H2,1-2H3. The van der Waals surface area contributed by atoms with Crippen molar-refractivity contribution >= 4 is 0 Å². The first-order valence-corrected chi connectivity index (χ1v) is 5.82. The van der Waals surface area contributed by atoms with Gasteiger partial charge in [-0.25, -0.2) is 0 Å². The van der Waals surface area contributed by atoms with Crippen LogP contribution in [0.25, 0.3) is 0 Å². The van der Waals surface area contributed by atoms with Gasteiger partial charge in [0.15, 0.2) is 0 Å². The van der Waals surface area contributed by atoms with E-state index in [2.05, 4.69) is 10.4 Å². The largest absolute Gasteiger partial charge is 0.433 e. The van der Waals surface area contributed by atoms with Gasteiger partial charge in [0, 0.05) is 32.3 Å². The molecule has 0 saturated heterocycles. The third-order valence-corrected chi connectivity index (χ3v) is 2.42. The van der Waals surface area contributed by atoms with Crippen LogP contribution in [0.4, 0.5) is 13.2 Å². The van der Waals surface area contributed by atoms with E-state index in [1.807, 2.05) is 6.92 Å². The van der Waals surface area contributed by atoms with Crippen molar-refractivity contribution < 1.29 is 17.9 Å². The average Bonchev–Trinajstić information content (AvgIpc) is 2.68. The number of hydrogen-bond acceptors (Lipinski definition) is 3. The van der Waals surface area contributed by atoms with Crippen molar-refractivity contribution in [1.29, 1.82) is 0 Å². The predicted molar refractivity (Wildman–Crippen MR) is 61.1 cm³/mol. The summed E-state index contributed by atoms with van der Waals surface area (Å²) in [6, 6.07) is 0. The topological polar surface area (TPSA) is 39.1 Å². The lowest BCUT2D eigenvalue weighted by Gasteiger charge is -2.12. The molecule has 0 bridgehead atoms.